The van der Waals surface area contributed by atoms with Gasteiger partial charge >= 0.3 is 0 Å². The minimum atomic E-state index is -3.76. The Labute approximate surface area is 186 Å². The molecule has 0 aliphatic rings. The van der Waals surface area contributed by atoms with Crippen molar-refractivity contribution in [2.45, 2.75) is 57.4 Å². The molecule has 0 aromatic heterocycles. The molecule has 0 radical (unpaired) electrons. The van der Waals surface area contributed by atoms with Crippen LogP contribution in [-0.2, 0) is 15.4 Å². The van der Waals surface area contributed by atoms with E-state index in [0.717, 1.165) is 6.42 Å². The van der Waals surface area contributed by atoms with Crippen LogP contribution in [0.3, 0.4) is 0 Å². The molecule has 0 saturated carbocycles. The van der Waals surface area contributed by atoms with Gasteiger partial charge in [0.15, 0.2) is 0 Å². The maximum atomic E-state index is 13.0. The number of nitrogens with one attached hydrogen (secondary N) is 1. The normalized spacial score (nSPS) is 13.1. The van der Waals surface area contributed by atoms with Crippen LogP contribution in [0.15, 0.2) is 53.4 Å². The molecule has 2 aromatic rings. The van der Waals surface area contributed by atoms with Crippen molar-refractivity contribution < 1.29 is 17.9 Å². The first kappa shape index (κ1) is 24.9. The third kappa shape index (κ3) is 5.86. The summed E-state index contributed by atoms with van der Waals surface area (Å²) >= 11 is 0. The van der Waals surface area contributed by atoms with Crippen molar-refractivity contribution in [2.75, 3.05) is 20.2 Å². The van der Waals surface area contributed by atoms with Gasteiger partial charge < -0.3 is 10.1 Å². The number of hydrogen-bond donors (Lipinski definition) is 1. The molecular weight excluding hydrogens is 412 g/mol. The first-order valence-electron chi connectivity index (χ1n) is 10.6. The van der Waals surface area contributed by atoms with Gasteiger partial charge in [-0.15, -0.1) is 0 Å². The summed E-state index contributed by atoms with van der Waals surface area (Å²) in [6.07, 6.45) is 0.740. The minimum Gasteiger partial charge on any atom is -0.495 e. The minimum absolute atomic E-state index is 0.00335. The van der Waals surface area contributed by atoms with Crippen LogP contribution in [0.25, 0.3) is 0 Å². The second kappa shape index (κ2) is 10.3. The van der Waals surface area contributed by atoms with Gasteiger partial charge in [-0.05, 0) is 42.5 Å². The Morgan fingerprint density at radius 3 is 2.26 bits per heavy atom. The van der Waals surface area contributed by atoms with Gasteiger partial charge in [-0.1, -0.05) is 58.0 Å². The lowest BCUT2D eigenvalue weighted by molar-refractivity contribution is 0.0934. The Hall–Kier alpha value is -2.38. The topological polar surface area (TPSA) is 75.7 Å². The SMILES string of the molecule is CCN(CC)S(=O)(=O)c1cc(C(=O)NC(C)CC(C)(C)c2ccccc2)ccc1OC. The number of carbonyl (C=O) groups is 1. The van der Waals surface area contributed by atoms with Gasteiger partial charge in [-0.2, -0.15) is 4.31 Å². The summed E-state index contributed by atoms with van der Waals surface area (Å²) in [5.74, 6) is -0.0864. The van der Waals surface area contributed by atoms with Gasteiger partial charge in [0.2, 0.25) is 10.0 Å². The standard InChI is InChI=1S/C24H34N2O4S/c1-7-26(8-2)31(28,29)22-16-19(14-15-21(22)30-6)23(27)25-18(3)17-24(4,5)20-12-10-9-11-13-20/h9-16,18H,7-8,17H2,1-6H3,(H,25,27). The van der Waals surface area contributed by atoms with Gasteiger partial charge in [0.1, 0.15) is 10.6 Å². The zero-order chi connectivity index (χ0) is 23.2. The Morgan fingerprint density at radius 2 is 1.71 bits per heavy atom. The monoisotopic (exact) mass is 446 g/mol. The van der Waals surface area contributed by atoms with E-state index >= 15 is 0 Å². The molecule has 0 bridgehead atoms. The number of hydrogen-bond acceptors (Lipinski definition) is 4. The molecule has 31 heavy (non-hydrogen) atoms. The fourth-order valence-electron chi connectivity index (χ4n) is 3.85. The Bertz CT molecular complexity index is 984. The second-order valence-corrected chi connectivity index (χ2v) is 10.2. The molecule has 1 N–H and O–H groups in total. The van der Waals surface area contributed by atoms with Crippen LogP contribution in [0.1, 0.15) is 57.0 Å². The zero-order valence-corrected chi connectivity index (χ0v) is 20.1. The van der Waals surface area contributed by atoms with Gasteiger partial charge in [0.05, 0.1) is 7.11 Å². The highest BCUT2D eigenvalue weighted by atomic mass is 32.2. The largest absolute Gasteiger partial charge is 0.495 e. The summed E-state index contributed by atoms with van der Waals surface area (Å²) in [7, 11) is -2.34. The van der Waals surface area contributed by atoms with Crippen LogP contribution >= 0.6 is 0 Å². The molecular formula is C24H34N2O4S. The number of amides is 1. The predicted octanol–water partition coefficient (Wildman–Crippen LogP) is 4.21. The number of carbonyl (C=O) groups excluding carboxylic acids is 1. The molecule has 1 unspecified atom stereocenters. The highest BCUT2D eigenvalue weighted by Crippen LogP contribution is 2.29. The van der Waals surface area contributed by atoms with E-state index in [2.05, 4.69) is 31.3 Å². The molecule has 170 valence electrons. The molecule has 1 amide bonds. The Balaban J connectivity index is 2.24. The van der Waals surface area contributed by atoms with Crippen molar-refractivity contribution in [2.24, 2.45) is 0 Å². The summed E-state index contributed by atoms with van der Waals surface area (Å²) in [4.78, 5) is 12.9. The van der Waals surface area contributed by atoms with E-state index in [0.29, 0.717) is 13.1 Å². The van der Waals surface area contributed by atoms with E-state index in [1.54, 1.807) is 19.9 Å². The van der Waals surface area contributed by atoms with Gasteiger partial charge in [0, 0.05) is 24.7 Å². The highest BCUT2D eigenvalue weighted by molar-refractivity contribution is 7.89. The maximum Gasteiger partial charge on any atom is 0.251 e. The van der Waals surface area contributed by atoms with Crippen molar-refractivity contribution in [1.29, 1.82) is 0 Å². The lowest BCUT2D eigenvalue weighted by Gasteiger charge is -2.29. The van der Waals surface area contributed by atoms with Crippen molar-refractivity contribution in [1.82, 2.24) is 9.62 Å². The molecule has 1 atom stereocenters. The molecule has 0 fully saturated rings. The van der Waals surface area contributed by atoms with Crippen LogP contribution in [0.2, 0.25) is 0 Å². The molecule has 2 rings (SSSR count). The summed E-state index contributed by atoms with van der Waals surface area (Å²) < 4.78 is 32.7. The molecule has 7 heteroatoms. The van der Waals surface area contributed by atoms with Crippen molar-refractivity contribution >= 4 is 15.9 Å². The van der Waals surface area contributed by atoms with Crippen LogP contribution in [0.4, 0.5) is 0 Å². The number of benzene rings is 2. The van der Waals surface area contributed by atoms with E-state index in [4.69, 9.17) is 4.74 Å². The fraction of sp³-hybridized carbons (Fsp3) is 0.458. The first-order valence-corrected chi connectivity index (χ1v) is 12.0. The third-order valence-electron chi connectivity index (χ3n) is 5.50. The quantitative estimate of drug-likeness (QED) is 0.593. The molecule has 0 aliphatic carbocycles. The Morgan fingerprint density at radius 1 is 1.10 bits per heavy atom. The second-order valence-electron chi connectivity index (χ2n) is 8.28. The molecule has 0 heterocycles. The van der Waals surface area contributed by atoms with Gasteiger partial charge in [-0.3, -0.25) is 4.79 Å². The number of ether oxygens (including phenoxy) is 1. The molecule has 0 aliphatic heterocycles. The number of sulfonamides is 1. The molecule has 0 spiro atoms. The Kier molecular flexibility index (Phi) is 8.26. The van der Waals surface area contributed by atoms with Crippen LogP contribution in [0, 0.1) is 0 Å². The molecule has 0 saturated heterocycles. The number of rotatable bonds is 10. The summed E-state index contributed by atoms with van der Waals surface area (Å²) in [6, 6.07) is 14.6. The molecule has 6 nitrogen and oxygen atoms in total. The van der Waals surface area contributed by atoms with E-state index in [1.165, 1.54) is 29.1 Å². The summed E-state index contributed by atoms with van der Waals surface area (Å²) in [5.41, 5.74) is 1.37. The van der Waals surface area contributed by atoms with Crippen molar-refractivity contribution in [3.05, 3.63) is 59.7 Å². The predicted molar refractivity (Wildman–Crippen MR) is 124 cm³/mol. The van der Waals surface area contributed by atoms with E-state index in [9.17, 15) is 13.2 Å². The van der Waals surface area contributed by atoms with E-state index in [-0.39, 0.29) is 33.6 Å². The van der Waals surface area contributed by atoms with Crippen molar-refractivity contribution in [3.8, 4) is 5.75 Å². The van der Waals surface area contributed by atoms with Gasteiger partial charge in [0.25, 0.3) is 5.91 Å². The molecule has 2 aromatic carbocycles. The number of nitrogens with zero attached hydrogens (tertiary/aromatic N) is 1. The summed E-state index contributed by atoms with van der Waals surface area (Å²) in [6.45, 7) is 10.5. The first-order chi connectivity index (χ1) is 14.6. The van der Waals surface area contributed by atoms with Crippen LogP contribution in [-0.4, -0.2) is 44.9 Å². The van der Waals surface area contributed by atoms with E-state index < -0.39 is 10.0 Å². The lowest BCUT2D eigenvalue weighted by Crippen LogP contribution is -2.37. The smallest absolute Gasteiger partial charge is 0.251 e. The maximum absolute atomic E-state index is 13.0. The zero-order valence-electron chi connectivity index (χ0n) is 19.3. The van der Waals surface area contributed by atoms with Crippen LogP contribution in [0.5, 0.6) is 5.75 Å². The lowest BCUT2D eigenvalue weighted by atomic mass is 9.79. The highest BCUT2D eigenvalue weighted by Gasteiger charge is 2.28. The summed E-state index contributed by atoms with van der Waals surface area (Å²) in [5, 5.41) is 3.01. The average Bonchev–Trinajstić information content (AvgIpc) is 2.74. The van der Waals surface area contributed by atoms with E-state index in [1.807, 2.05) is 25.1 Å². The number of methoxy groups -OCH3 is 1. The van der Waals surface area contributed by atoms with Crippen molar-refractivity contribution in [3.63, 3.8) is 0 Å². The average molecular weight is 447 g/mol. The third-order valence-corrected chi connectivity index (χ3v) is 7.57. The fourth-order valence-corrected chi connectivity index (χ4v) is 5.49. The van der Waals surface area contributed by atoms with Crippen LogP contribution < -0.4 is 10.1 Å². The van der Waals surface area contributed by atoms with Gasteiger partial charge in [-0.25, -0.2) is 8.42 Å².